The first-order valence-electron chi connectivity index (χ1n) is 9.16. The molecule has 0 aromatic carbocycles. The Hall–Kier alpha value is -2.15. The van der Waals surface area contributed by atoms with Crippen molar-refractivity contribution in [2.45, 2.75) is 39.9 Å². The van der Waals surface area contributed by atoms with Gasteiger partial charge in [-0.1, -0.05) is 6.92 Å². The largest absolute Gasteiger partial charge is 0.341 e. The number of amides is 1. The Morgan fingerprint density at radius 2 is 2.08 bits per heavy atom. The molecule has 1 aliphatic heterocycles. The molecule has 7 nitrogen and oxygen atoms in total. The molecule has 3 heterocycles. The summed E-state index contributed by atoms with van der Waals surface area (Å²) in [4.78, 5) is 21.6. The SMILES string of the molecule is CCn1ccnc1CN1CCCN(C(=O)C(C)Cn2cccn2)CC1. The van der Waals surface area contributed by atoms with Crippen LogP contribution in [0.4, 0.5) is 0 Å². The topological polar surface area (TPSA) is 59.2 Å². The highest BCUT2D eigenvalue weighted by Gasteiger charge is 2.24. The molecule has 0 bridgehead atoms. The van der Waals surface area contributed by atoms with Crippen LogP contribution in [-0.4, -0.2) is 61.2 Å². The van der Waals surface area contributed by atoms with Crippen LogP contribution in [-0.2, 0) is 24.4 Å². The monoisotopic (exact) mass is 344 g/mol. The Morgan fingerprint density at radius 1 is 1.20 bits per heavy atom. The van der Waals surface area contributed by atoms with E-state index in [-0.39, 0.29) is 11.8 Å². The van der Waals surface area contributed by atoms with Gasteiger partial charge in [-0.05, 0) is 19.4 Å². The van der Waals surface area contributed by atoms with Gasteiger partial charge in [-0.3, -0.25) is 14.4 Å². The zero-order valence-corrected chi connectivity index (χ0v) is 15.2. The molecule has 0 saturated carbocycles. The van der Waals surface area contributed by atoms with E-state index >= 15 is 0 Å². The second-order valence-corrected chi connectivity index (χ2v) is 6.71. The molecule has 0 aliphatic carbocycles. The summed E-state index contributed by atoms with van der Waals surface area (Å²) in [5, 5.41) is 4.20. The normalized spacial score (nSPS) is 17.4. The van der Waals surface area contributed by atoms with Crippen molar-refractivity contribution >= 4 is 5.91 Å². The molecule has 1 saturated heterocycles. The second-order valence-electron chi connectivity index (χ2n) is 6.71. The van der Waals surface area contributed by atoms with Crippen LogP contribution in [0.25, 0.3) is 0 Å². The molecule has 0 N–H and O–H groups in total. The predicted molar refractivity (Wildman–Crippen MR) is 95.8 cm³/mol. The van der Waals surface area contributed by atoms with Crippen molar-refractivity contribution < 1.29 is 4.79 Å². The van der Waals surface area contributed by atoms with Gasteiger partial charge < -0.3 is 9.47 Å². The highest BCUT2D eigenvalue weighted by Crippen LogP contribution is 2.12. The molecule has 2 aromatic rings. The third-order valence-electron chi connectivity index (χ3n) is 4.85. The van der Waals surface area contributed by atoms with Crippen LogP contribution in [0.1, 0.15) is 26.1 Å². The fraction of sp³-hybridized carbons (Fsp3) is 0.611. The summed E-state index contributed by atoms with van der Waals surface area (Å²) in [6.45, 7) is 10.1. The maximum Gasteiger partial charge on any atom is 0.227 e. The number of hydrogen-bond acceptors (Lipinski definition) is 4. The molecule has 3 rings (SSSR count). The number of imidazole rings is 1. The van der Waals surface area contributed by atoms with E-state index in [1.807, 2.05) is 41.2 Å². The van der Waals surface area contributed by atoms with Crippen LogP contribution in [0.5, 0.6) is 0 Å². The zero-order chi connectivity index (χ0) is 17.6. The molecular weight excluding hydrogens is 316 g/mol. The molecule has 7 heteroatoms. The molecule has 1 amide bonds. The van der Waals surface area contributed by atoms with Gasteiger partial charge in [-0.25, -0.2) is 4.98 Å². The third kappa shape index (κ3) is 4.48. The van der Waals surface area contributed by atoms with Gasteiger partial charge in [0.1, 0.15) is 5.82 Å². The standard InChI is InChI=1S/C18H28N6O/c1-3-22-11-7-19-17(22)15-21-8-5-9-23(13-12-21)18(25)16(2)14-24-10-4-6-20-24/h4,6-7,10-11,16H,3,5,8-9,12-15H2,1-2H3. The lowest BCUT2D eigenvalue weighted by Gasteiger charge is -2.24. The fourth-order valence-electron chi connectivity index (χ4n) is 3.41. The highest BCUT2D eigenvalue weighted by atomic mass is 16.2. The Bertz CT molecular complexity index is 665. The molecule has 0 spiro atoms. The van der Waals surface area contributed by atoms with Crippen molar-refractivity contribution in [1.29, 1.82) is 0 Å². The van der Waals surface area contributed by atoms with Crippen molar-refractivity contribution in [3.8, 4) is 0 Å². The van der Waals surface area contributed by atoms with Crippen molar-refractivity contribution in [3.63, 3.8) is 0 Å². The van der Waals surface area contributed by atoms with E-state index in [4.69, 9.17) is 0 Å². The Balaban J connectivity index is 1.53. The fourth-order valence-corrected chi connectivity index (χ4v) is 3.41. The number of aryl methyl sites for hydroxylation is 1. The van der Waals surface area contributed by atoms with Crippen LogP contribution in [0.15, 0.2) is 30.9 Å². The molecule has 136 valence electrons. The average Bonchev–Trinajstić information content (AvgIpc) is 3.22. The van der Waals surface area contributed by atoms with Gasteiger partial charge in [-0.15, -0.1) is 0 Å². The number of nitrogens with zero attached hydrogens (tertiary/aromatic N) is 6. The van der Waals surface area contributed by atoms with Gasteiger partial charge in [0.25, 0.3) is 0 Å². The van der Waals surface area contributed by atoms with E-state index in [0.29, 0.717) is 6.54 Å². The second kappa shape index (κ2) is 8.29. The smallest absolute Gasteiger partial charge is 0.227 e. The first kappa shape index (κ1) is 17.7. The van der Waals surface area contributed by atoms with E-state index in [1.165, 1.54) is 0 Å². The van der Waals surface area contributed by atoms with E-state index in [0.717, 1.165) is 51.5 Å². The number of carbonyl (C=O) groups is 1. The van der Waals surface area contributed by atoms with Gasteiger partial charge in [0.15, 0.2) is 0 Å². The summed E-state index contributed by atoms with van der Waals surface area (Å²) in [5.74, 6) is 1.28. The molecule has 1 fully saturated rings. The summed E-state index contributed by atoms with van der Waals surface area (Å²) in [6, 6.07) is 1.89. The van der Waals surface area contributed by atoms with E-state index in [2.05, 4.69) is 26.5 Å². The van der Waals surface area contributed by atoms with E-state index in [1.54, 1.807) is 6.20 Å². The lowest BCUT2D eigenvalue weighted by Crippen LogP contribution is -2.39. The van der Waals surface area contributed by atoms with Crippen LogP contribution in [0.3, 0.4) is 0 Å². The maximum absolute atomic E-state index is 12.8. The Kier molecular flexibility index (Phi) is 5.86. The minimum Gasteiger partial charge on any atom is -0.341 e. The van der Waals surface area contributed by atoms with Gasteiger partial charge in [0.05, 0.1) is 19.0 Å². The minimum atomic E-state index is -0.0505. The van der Waals surface area contributed by atoms with Crippen molar-refractivity contribution in [3.05, 3.63) is 36.7 Å². The lowest BCUT2D eigenvalue weighted by molar-refractivity contribution is -0.135. The number of hydrogen-bond donors (Lipinski definition) is 0. The van der Waals surface area contributed by atoms with Crippen LogP contribution >= 0.6 is 0 Å². The zero-order valence-electron chi connectivity index (χ0n) is 15.2. The highest BCUT2D eigenvalue weighted by molar-refractivity contribution is 5.78. The molecule has 25 heavy (non-hydrogen) atoms. The van der Waals surface area contributed by atoms with Gasteiger partial charge >= 0.3 is 0 Å². The molecule has 1 unspecified atom stereocenters. The Labute approximate surface area is 149 Å². The Morgan fingerprint density at radius 3 is 2.84 bits per heavy atom. The predicted octanol–water partition coefficient (Wildman–Crippen LogP) is 1.47. The van der Waals surface area contributed by atoms with Gasteiger partial charge in [0, 0.05) is 57.5 Å². The summed E-state index contributed by atoms with van der Waals surface area (Å²) < 4.78 is 4.01. The first-order valence-corrected chi connectivity index (χ1v) is 9.16. The molecule has 2 aromatic heterocycles. The molecule has 1 aliphatic rings. The van der Waals surface area contributed by atoms with Crippen molar-refractivity contribution in [2.75, 3.05) is 26.2 Å². The maximum atomic E-state index is 12.8. The quantitative estimate of drug-likeness (QED) is 0.796. The van der Waals surface area contributed by atoms with Crippen LogP contribution in [0.2, 0.25) is 0 Å². The van der Waals surface area contributed by atoms with Gasteiger partial charge in [-0.2, -0.15) is 5.10 Å². The molecule has 0 radical (unpaired) electrons. The number of carbonyl (C=O) groups excluding carboxylic acids is 1. The minimum absolute atomic E-state index is 0.0505. The van der Waals surface area contributed by atoms with Crippen molar-refractivity contribution in [2.24, 2.45) is 5.92 Å². The van der Waals surface area contributed by atoms with Crippen LogP contribution in [0, 0.1) is 5.92 Å². The molecule has 1 atom stereocenters. The summed E-state index contributed by atoms with van der Waals surface area (Å²) in [5.41, 5.74) is 0. The van der Waals surface area contributed by atoms with Gasteiger partial charge in [0.2, 0.25) is 5.91 Å². The first-order chi connectivity index (χ1) is 12.2. The number of aromatic nitrogens is 4. The summed E-state index contributed by atoms with van der Waals surface area (Å²) in [6.07, 6.45) is 8.56. The van der Waals surface area contributed by atoms with Crippen molar-refractivity contribution in [1.82, 2.24) is 29.1 Å². The van der Waals surface area contributed by atoms with E-state index in [9.17, 15) is 4.79 Å². The van der Waals surface area contributed by atoms with E-state index < -0.39 is 0 Å². The number of rotatable bonds is 6. The van der Waals surface area contributed by atoms with Crippen LogP contribution < -0.4 is 0 Å². The summed E-state index contributed by atoms with van der Waals surface area (Å²) >= 11 is 0. The molecular formula is C18H28N6O. The third-order valence-corrected chi connectivity index (χ3v) is 4.85. The summed E-state index contributed by atoms with van der Waals surface area (Å²) in [7, 11) is 0. The lowest BCUT2D eigenvalue weighted by atomic mass is 10.1. The average molecular weight is 344 g/mol.